The highest BCUT2D eigenvalue weighted by atomic mass is 16.6. The van der Waals surface area contributed by atoms with Crippen LogP contribution in [0.3, 0.4) is 0 Å². The van der Waals surface area contributed by atoms with Crippen LogP contribution >= 0.6 is 0 Å². The summed E-state index contributed by atoms with van der Waals surface area (Å²) in [6.07, 6.45) is 3.39. The number of fused-ring (bicyclic) bond motifs is 1. The van der Waals surface area contributed by atoms with Crippen LogP contribution in [0.2, 0.25) is 0 Å². The number of imidazole rings is 1. The SMILES string of the molecule is Cc1ccc(C(CCN2CCC(CNC(=O)n3c(=O)n(C4CC4)c4ccccc43)CC2)OC(N)=O)cc1. The third-order valence-electron chi connectivity index (χ3n) is 7.56. The molecule has 1 aliphatic heterocycles. The standard InChI is InChI=1S/C28H35N5O4/c1-19-6-8-21(9-7-19)25(37-26(29)34)14-17-31-15-12-20(13-16-31)18-30-27(35)33-24-5-3-2-4-23(24)32(28(33)36)22-10-11-22/h2-9,20,22,25H,10-18H2,1H3,(H2,29,34)(H,30,35). The highest BCUT2D eigenvalue weighted by Gasteiger charge is 2.30. The Morgan fingerprint density at radius 3 is 2.35 bits per heavy atom. The Bertz CT molecular complexity index is 1320. The summed E-state index contributed by atoms with van der Waals surface area (Å²) in [5.41, 5.74) is 8.64. The van der Waals surface area contributed by atoms with Gasteiger partial charge in [-0.15, -0.1) is 0 Å². The maximum Gasteiger partial charge on any atom is 0.405 e. The number of hydrogen-bond acceptors (Lipinski definition) is 5. The molecule has 1 saturated carbocycles. The first-order chi connectivity index (χ1) is 17.9. The first kappa shape index (κ1) is 25.1. The fourth-order valence-corrected chi connectivity index (χ4v) is 5.29. The molecular weight excluding hydrogens is 470 g/mol. The minimum atomic E-state index is -0.764. The van der Waals surface area contributed by atoms with Gasteiger partial charge < -0.3 is 20.7 Å². The molecule has 5 rings (SSSR count). The number of piperidine rings is 1. The van der Waals surface area contributed by atoms with Crippen LogP contribution in [0, 0.1) is 12.8 Å². The minimum absolute atomic E-state index is 0.203. The first-order valence-corrected chi connectivity index (χ1v) is 13.2. The zero-order valence-electron chi connectivity index (χ0n) is 21.3. The topological polar surface area (TPSA) is 112 Å². The molecule has 2 heterocycles. The minimum Gasteiger partial charge on any atom is -0.441 e. The van der Waals surface area contributed by atoms with Crippen molar-refractivity contribution >= 4 is 23.2 Å². The van der Waals surface area contributed by atoms with Gasteiger partial charge in [0.2, 0.25) is 0 Å². The predicted octanol–water partition coefficient (Wildman–Crippen LogP) is 3.94. The number of carbonyl (C=O) groups is 2. The van der Waals surface area contributed by atoms with Crippen molar-refractivity contribution < 1.29 is 14.3 Å². The number of hydrogen-bond donors (Lipinski definition) is 2. The molecule has 1 saturated heterocycles. The Balaban J connectivity index is 1.13. The number of ether oxygens (including phenoxy) is 1. The van der Waals surface area contributed by atoms with Crippen LogP contribution in [-0.4, -0.2) is 52.3 Å². The van der Waals surface area contributed by atoms with Gasteiger partial charge in [0, 0.05) is 25.6 Å². The quantitative estimate of drug-likeness (QED) is 0.482. The number of para-hydroxylation sites is 2. The molecule has 196 valence electrons. The van der Waals surface area contributed by atoms with E-state index >= 15 is 0 Å². The van der Waals surface area contributed by atoms with E-state index in [0.717, 1.165) is 62.0 Å². The van der Waals surface area contributed by atoms with E-state index in [4.69, 9.17) is 10.5 Å². The fourth-order valence-electron chi connectivity index (χ4n) is 5.29. The lowest BCUT2D eigenvalue weighted by molar-refractivity contribution is 0.0860. The Labute approximate surface area is 216 Å². The van der Waals surface area contributed by atoms with Crippen LogP contribution < -0.4 is 16.7 Å². The van der Waals surface area contributed by atoms with Crippen molar-refractivity contribution in [2.75, 3.05) is 26.2 Å². The summed E-state index contributed by atoms with van der Waals surface area (Å²) >= 11 is 0. The summed E-state index contributed by atoms with van der Waals surface area (Å²) in [6.45, 7) is 5.15. The lowest BCUT2D eigenvalue weighted by Gasteiger charge is -2.32. The second-order valence-electron chi connectivity index (χ2n) is 10.3. The van der Waals surface area contributed by atoms with Crippen LogP contribution in [0.4, 0.5) is 9.59 Å². The normalized spacial score (nSPS) is 17.5. The molecule has 2 aliphatic rings. The molecule has 0 spiro atoms. The van der Waals surface area contributed by atoms with E-state index in [0.29, 0.717) is 24.4 Å². The number of amides is 2. The molecule has 3 aromatic rings. The van der Waals surface area contributed by atoms with Crippen molar-refractivity contribution in [3.63, 3.8) is 0 Å². The summed E-state index contributed by atoms with van der Waals surface area (Å²) in [6, 6.07) is 15.3. The van der Waals surface area contributed by atoms with Gasteiger partial charge in [0.15, 0.2) is 0 Å². The highest BCUT2D eigenvalue weighted by molar-refractivity contribution is 5.89. The van der Waals surface area contributed by atoms with Gasteiger partial charge in [-0.25, -0.2) is 19.0 Å². The maximum absolute atomic E-state index is 13.0. The smallest absolute Gasteiger partial charge is 0.405 e. The van der Waals surface area contributed by atoms with Crippen molar-refractivity contribution in [1.82, 2.24) is 19.4 Å². The molecular formula is C28H35N5O4. The van der Waals surface area contributed by atoms with Crippen molar-refractivity contribution in [3.8, 4) is 0 Å². The van der Waals surface area contributed by atoms with Gasteiger partial charge in [0.25, 0.3) is 0 Å². The molecule has 37 heavy (non-hydrogen) atoms. The summed E-state index contributed by atoms with van der Waals surface area (Å²) in [5.74, 6) is 0.349. The first-order valence-electron chi connectivity index (χ1n) is 13.2. The molecule has 3 N–H and O–H groups in total. The average Bonchev–Trinajstić information content (AvgIpc) is 3.68. The summed E-state index contributed by atoms with van der Waals surface area (Å²) in [7, 11) is 0. The molecule has 2 fully saturated rings. The van der Waals surface area contributed by atoms with Gasteiger partial charge in [-0.2, -0.15) is 0 Å². The predicted molar refractivity (Wildman–Crippen MR) is 142 cm³/mol. The number of aryl methyl sites for hydroxylation is 1. The number of nitrogens with one attached hydrogen (secondary N) is 1. The van der Waals surface area contributed by atoms with Gasteiger partial charge in [-0.05, 0) is 69.3 Å². The fraction of sp³-hybridized carbons (Fsp3) is 0.464. The largest absolute Gasteiger partial charge is 0.441 e. The summed E-state index contributed by atoms with van der Waals surface area (Å²) < 4.78 is 8.44. The molecule has 0 radical (unpaired) electrons. The molecule has 9 heteroatoms. The second kappa shape index (κ2) is 10.8. The van der Waals surface area contributed by atoms with Crippen LogP contribution in [0.1, 0.15) is 55.4 Å². The number of nitrogens with two attached hydrogens (primary N) is 1. The monoisotopic (exact) mass is 505 g/mol. The van der Waals surface area contributed by atoms with Crippen LogP contribution in [-0.2, 0) is 4.74 Å². The van der Waals surface area contributed by atoms with Gasteiger partial charge in [-0.1, -0.05) is 42.0 Å². The molecule has 2 aromatic carbocycles. The Kier molecular flexibility index (Phi) is 7.32. The Morgan fingerprint density at radius 2 is 1.70 bits per heavy atom. The molecule has 0 bridgehead atoms. The van der Waals surface area contributed by atoms with Gasteiger partial charge >= 0.3 is 17.8 Å². The van der Waals surface area contributed by atoms with Crippen LogP contribution in [0.5, 0.6) is 0 Å². The van der Waals surface area contributed by atoms with Gasteiger partial charge in [0.05, 0.1) is 11.0 Å². The van der Waals surface area contributed by atoms with E-state index < -0.39 is 6.09 Å². The van der Waals surface area contributed by atoms with E-state index in [1.165, 1.54) is 4.57 Å². The van der Waals surface area contributed by atoms with Crippen molar-refractivity contribution in [2.45, 2.75) is 51.2 Å². The number of carbonyl (C=O) groups excluding carboxylic acids is 2. The Hall–Kier alpha value is -3.59. The molecule has 9 nitrogen and oxygen atoms in total. The van der Waals surface area contributed by atoms with Crippen molar-refractivity contribution in [3.05, 3.63) is 70.1 Å². The Morgan fingerprint density at radius 1 is 1.03 bits per heavy atom. The number of nitrogens with zero attached hydrogens (tertiary/aromatic N) is 3. The van der Waals surface area contributed by atoms with Gasteiger partial charge in [0.1, 0.15) is 6.10 Å². The van der Waals surface area contributed by atoms with E-state index in [9.17, 15) is 14.4 Å². The number of aromatic nitrogens is 2. The molecule has 1 aliphatic carbocycles. The third kappa shape index (κ3) is 5.72. The van der Waals surface area contributed by atoms with E-state index in [1.807, 2.05) is 55.5 Å². The summed E-state index contributed by atoms with van der Waals surface area (Å²) in [5, 5.41) is 3.01. The number of likely N-dealkylation sites (tertiary alicyclic amines) is 1. The van der Waals surface area contributed by atoms with Gasteiger partial charge in [-0.3, -0.25) is 4.57 Å². The van der Waals surface area contributed by atoms with E-state index in [-0.39, 0.29) is 23.9 Å². The van der Waals surface area contributed by atoms with Crippen molar-refractivity contribution in [2.24, 2.45) is 11.7 Å². The van der Waals surface area contributed by atoms with Crippen LogP contribution in [0.25, 0.3) is 11.0 Å². The maximum atomic E-state index is 13.0. The molecule has 1 aromatic heterocycles. The van der Waals surface area contributed by atoms with E-state index in [1.54, 1.807) is 4.57 Å². The molecule has 1 unspecified atom stereocenters. The number of rotatable bonds is 8. The highest BCUT2D eigenvalue weighted by Crippen LogP contribution is 2.36. The zero-order valence-corrected chi connectivity index (χ0v) is 21.3. The summed E-state index contributed by atoms with van der Waals surface area (Å²) in [4.78, 5) is 39.9. The molecule has 1 atom stereocenters. The van der Waals surface area contributed by atoms with Crippen LogP contribution in [0.15, 0.2) is 53.3 Å². The zero-order chi connectivity index (χ0) is 25.9. The molecule has 2 amide bonds. The van der Waals surface area contributed by atoms with Crippen molar-refractivity contribution in [1.29, 1.82) is 0 Å². The number of primary amides is 1. The second-order valence-corrected chi connectivity index (χ2v) is 10.3. The lowest BCUT2D eigenvalue weighted by Crippen LogP contribution is -2.42. The number of benzene rings is 2. The van der Waals surface area contributed by atoms with E-state index in [2.05, 4.69) is 10.2 Å². The average molecular weight is 506 g/mol. The third-order valence-corrected chi connectivity index (χ3v) is 7.56. The lowest BCUT2D eigenvalue weighted by atomic mass is 9.96.